The fourth-order valence-corrected chi connectivity index (χ4v) is 5.24. The molecule has 1 saturated heterocycles. The number of nitriles is 1. The van der Waals surface area contributed by atoms with E-state index in [1.54, 1.807) is 42.7 Å². The highest BCUT2D eigenvalue weighted by molar-refractivity contribution is 6.31. The monoisotopic (exact) mass is 572 g/mol. The molecule has 1 aliphatic rings. The summed E-state index contributed by atoms with van der Waals surface area (Å²) in [6.45, 7) is -0.801. The van der Waals surface area contributed by atoms with Crippen molar-refractivity contribution >= 4 is 40.4 Å². The molecule has 0 unspecified atom stereocenters. The molecule has 6 nitrogen and oxygen atoms in total. The van der Waals surface area contributed by atoms with Crippen LogP contribution in [0, 0.1) is 11.3 Å². The molecule has 9 heteroatoms. The van der Waals surface area contributed by atoms with Crippen LogP contribution in [0.25, 0.3) is 22.9 Å². The lowest BCUT2D eigenvalue weighted by atomic mass is 9.88. The normalized spacial score (nSPS) is 18.1. The van der Waals surface area contributed by atoms with Gasteiger partial charge in [0.15, 0.2) is 5.54 Å². The summed E-state index contributed by atoms with van der Waals surface area (Å²) < 4.78 is 34.6. The molecular weight excluding hydrogens is 546 g/mol. The summed E-state index contributed by atoms with van der Waals surface area (Å²) in [6.07, 6.45) is 6.62. The zero-order valence-corrected chi connectivity index (χ0v) is 22.8. The van der Waals surface area contributed by atoms with E-state index in [0.717, 1.165) is 32.4 Å². The summed E-state index contributed by atoms with van der Waals surface area (Å²) in [4.78, 5) is 18.2. The van der Waals surface area contributed by atoms with Crippen molar-refractivity contribution in [2.45, 2.75) is 24.5 Å². The number of rotatable bonds is 9. The van der Waals surface area contributed by atoms with E-state index in [9.17, 15) is 18.8 Å². The zero-order valence-electron chi connectivity index (χ0n) is 22.1. The lowest BCUT2D eigenvalue weighted by molar-refractivity contribution is -0.134. The highest BCUT2D eigenvalue weighted by atomic mass is 35.5. The number of hydrogen-bond acceptors (Lipinski definition) is 5. The fraction of sp³-hybridized carbons (Fsp3) is 0.219. The molecule has 208 valence electrons. The lowest BCUT2D eigenvalue weighted by Gasteiger charge is -2.32. The second-order valence-corrected chi connectivity index (χ2v) is 10.4. The van der Waals surface area contributed by atoms with E-state index < -0.39 is 30.3 Å². The third-order valence-electron chi connectivity index (χ3n) is 7.07. The highest BCUT2D eigenvalue weighted by Crippen LogP contribution is 2.45. The number of hydrogen-bond donors (Lipinski definition) is 1. The summed E-state index contributed by atoms with van der Waals surface area (Å²) in [5.74, 6) is -3.76. The Kier molecular flexibility index (Phi) is 8.41. The summed E-state index contributed by atoms with van der Waals surface area (Å²) in [5, 5.41) is 15.6. The molecule has 1 fully saturated rings. The van der Waals surface area contributed by atoms with Crippen LogP contribution in [0.15, 0.2) is 85.2 Å². The Balaban J connectivity index is 1.17. The number of nitrogens with one attached hydrogen (secondary N) is 1. The molecule has 1 aliphatic heterocycles. The van der Waals surface area contributed by atoms with Crippen molar-refractivity contribution in [2.24, 2.45) is 0 Å². The average molecular weight is 573 g/mol. The van der Waals surface area contributed by atoms with E-state index in [-0.39, 0.29) is 19.9 Å². The molecule has 5 rings (SSSR count). The average Bonchev–Trinajstić information content (AvgIpc) is 3.28. The maximum absolute atomic E-state index is 14.4. The van der Waals surface area contributed by atoms with Crippen LogP contribution in [0.1, 0.15) is 28.7 Å². The number of halogens is 3. The minimum atomic E-state index is -3.16. The van der Waals surface area contributed by atoms with Gasteiger partial charge in [0.25, 0.3) is 5.92 Å². The van der Waals surface area contributed by atoms with Gasteiger partial charge in [-0.25, -0.2) is 8.78 Å². The largest absolute Gasteiger partial charge is 0.362 e. The van der Waals surface area contributed by atoms with Crippen LogP contribution in [0.5, 0.6) is 0 Å². The highest BCUT2D eigenvalue weighted by Gasteiger charge is 2.57. The van der Waals surface area contributed by atoms with Gasteiger partial charge in [0.2, 0.25) is 5.91 Å². The topological polar surface area (TPSA) is 78.2 Å². The molecule has 0 radical (unpaired) electrons. The van der Waals surface area contributed by atoms with Crippen molar-refractivity contribution < 1.29 is 18.3 Å². The fourth-order valence-electron chi connectivity index (χ4n) is 5.06. The Hall–Kier alpha value is -4.16. The number of aromatic nitrogens is 1. The summed E-state index contributed by atoms with van der Waals surface area (Å²) in [6, 6.07) is 24.0. The van der Waals surface area contributed by atoms with Crippen molar-refractivity contribution in [2.75, 3.05) is 19.8 Å². The Labute approximate surface area is 241 Å². The van der Waals surface area contributed by atoms with Gasteiger partial charge < -0.3 is 9.64 Å². The first-order valence-electron chi connectivity index (χ1n) is 13.0. The number of pyridine rings is 1. The van der Waals surface area contributed by atoms with Crippen LogP contribution in [-0.2, 0) is 21.7 Å². The second kappa shape index (κ2) is 12.1. The van der Waals surface area contributed by atoms with Gasteiger partial charge in [-0.1, -0.05) is 72.3 Å². The SMILES string of the molecule is N#C[C@]1(c2ccccc2)CC(F)(F)CN1C(=O)CNCOCc1ccncc1/C=C/c1ccc2cc(Cl)ccc2c1. The first-order chi connectivity index (χ1) is 19.8. The Morgan fingerprint density at radius 3 is 2.68 bits per heavy atom. The molecule has 0 saturated carbocycles. The van der Waals surface area contributed by atoms with Crippen LogP contribution < -0.4 is 5.32 Å². The van der Waals surface area contributed by atoms with Crippen molar-refractivity contribution in [3.05, 3.63) is 112 Å². The number of carbonyl (C=O) groups is 1. The lowest BCUT2D eigenvalue weighted by Crippen LogP contribution is -2.47. The predicted octanol–water partition coefficient (Wildman–Crippen LogP) is 6.41. The quantitative estimate of drug-likeness (QED) is 0.185. The number of amides is 1. The second-order valence-electron chi connectivity index (χ2n) is 9.93. The van der Waals surface area contributed by atoms with E-state index in [2.05, 4.69) is 16.4 Å². The van der Waals surface area contributed by atoms with Gasteiger partial charge >= 0.3 is 0 Å². The molecule has 1 aromatic heterocycles. The van der Waals surface area contributed by atoms with Gasteiger partial charge in [-0.05, 0) is 57.3 Å². The minimum absolute atomic E-state index is 0.0135. The molecule has 1 atom stereocenters. The van der Waals surface area contributed by atoms with Crippen LogP contribution in [0.3, 0.4) is 0 Å². The number of benzene rings is 3. The van der Waals surface area contributed by atoms with Crippen LogP contribution >= 0.6 is 11.6 Å². The predicted molar refractivity (Wildman–Crippen MR) is 155 cm³/mol. The number of carbonyl (C=O) groups excluding carboxylic acids is 1. The molecule has 0 aliphatic carbocycles. The first-order valence-corrected chi connectivity index (χ1v) is 13.4. The molecule has 1 amide bonds. The van der Waals surface area contributed by atoms with Crippen molar-refractivity contribution in [3.8, 4) is 6.07 Å². The van der Waals surface area contributed by atoms with E-state index in [0.29, 0.717) is 10.6 Å². The molecule has 0 spiro atoms. The van der Waals surface area contributed by atoms with E-state index in [1.807, 2.05) is 54.6 Å². The molecular formula is C32H27ClF2N4O2. The Bertz CT molecular complexity index is 1620. The molecule has 1 N–H and O–H groups in total. The summed E-state index contributed by atoms with van der Waals surface area (Å²) in [5.41, 5.74) is 1.44. The van der Waals surface area contributed by atoms with Crippen molar-refractivity contribution in [1.29, 1.82) is 5.26 Å². The van der Waals surface area contributed by atoms with Crippen molar-refractivity contribution in [3.63, 3.8) is 0 Å². The zero-order chi connectivity index (χ0) is 28.9. The Morgan fingerprint density at radius 1 is 1.10 bits per heavy atom. The first kappa shape index (κ1) is 28.4. The van der Waals surface area contributed by atoms with Gasteiger partial charge in [0.05, 0.1) is 38.9 Å². The summed E-state index contributed by atoms with van der Waals surface area (Å²) >= 11 is 6.08. The third kappa shape index (κ3) is 6.44. The van der Waals surface area contributed by atoms with E-state index in [1.165, 1.54) is 0 Å². The molecule has 3 aromatic carbocycles. The number of nitrogens with zero attached hydrogens (tertiary/aromatic N) is 3. The number of alkyl halides is 2. The van der Waals surface area contributed by atoms with Gasteiger partial charge in [-0.3, -0.25) is 15.1 Å². The molecule has 0 bridgehead atoms. The maximum Gasteiger partial charge on any atom is 0.269 e. The van der Waals surface area contributed by atoms with Gasteiger partial charge in [0, 0.05) is 17.4 Å². The Morgan fingerprint density at radius 2 is 1.88 bits per heavy atom. The van der Waals surface area contributed by atoms with Crippen LogP contribution in [0.4, 0.5) is 8.78 Å². The minimum Gasteiger partial charge on any atom is -0.362 e. The molecule has 4 aromatic rings. The van der Waals surface area contributed by atoms with E-state index >= 15 is 0 Å². The smallest absolute Gasteiger partial charge is 0.269 e. The van der Waals surface area contributed by atoms with Gasteiger partial charge in [-0.2, -0.15) is 5.26 Å². The van der Waals surface area contributed by atoms with Crippen LogP contribution in [0.2, 0.25) is 5.02 Å². The van der Waals surface area contributed by atoms with Gasteiger partial charge in [-0.15, -0.1) is 0 Å². The molecule has 2 heterocycles. The summed E-state index contributed by atoms with van der Waals surface area (Å²) in [7, 11) is 0. The third-order valence-corrected chi connectivity index (χ3v) is 7.30. The van der Waals surface area contributed by atoms with Crippen LogP contribution in [-0.4, -0.2) is 41.5 Å². The number of ether oxygens (including phenoxy) is 1. The van der Waals surface area contributed by atoms with Gasteiger partial charge in [0.1, 0.15) is 0 Å². The maximum atomic E-state index is 14.4. The number of likely N-dealkylation sites (tertiary alicyclic amines) is 1. The van der Waals surface area contributed by atoms with E-state index in [4.69, 9.17) is 16.3 Å². The van der Waals surface area contributed by atoms with Crippen molar-refractivity contribution in [1.82, 2.24) is 15.2 Å². The standard InChI is InChI=1S/C32H27ClF2N4O2/c33-29-11-10-24-14-23(6-8-25(24)15-29)7-9-26-16-37-13-12-27(26)18-41-22-38-17-30(40)39-21-32(34,35)19-31(39,20-36)28-4-2-1-3-5-28/h1-16,38H,17-19,21-22H2/b9-7+/t31-/m0/s1. The molecule has 41 heavy (non-hydrogen) atoms. The number of fused-ring (bicyclic) bond motifs is 1.